The largest absolute Gasteiger partial charge is 0.394 e. The van der Waals surface area contributed by atoms with Crippen LogP contribution >= 0.6 is 11.8 Å². The Morgan fingerprint density at radius 1 is 1.04 bits per heavy atom. The molecule has 11 nitrogen and oxygen atoms in total. The number of piperidine rings is 1. The van der Waals surface area contributed by atoms with Crippen molar-refractivity contribution in [3.63, 3.8) is 0 Å². The van der Waals surface area contributed by atoms with E-state index in [1.54, 1.807) is 0 Å². The van der Waals surface area contributed by atoms with Gasteiger partial charge in [-0.25, -0.2) is 26.6 Å². The lowest BCUT2D eigenvalue weighted by molar-refractivity contribution is -0.186. The number of amides is 1. The fourth-order valence-corrected chi connectivity index (χ4v) is 9.60. The highest BCUT2D eigenvalue weighted by molar-refractivity contribution is 8.01. The van der Waals surface area contributed by atoms with Crippen molar-refractivity contribution in [2.45, 2.75) is 117 Å². The molecule has 0 bridgehead atoms. The van der Waals surface area contributed by atoms with Gasteiger partial charge in [-0.2, -0.15) is 0 Å². The summed E-state index contributed by atoms with van der Waals surface area (Å²) in [4.78, 5) is 15.6. The highest BCUT2D eigenvalue weighted by atomic mass is 32.2. The number of methoxy groups -OCH3 is 1. The Labute approximate surface area is 290 Å². The van der Waals surface area contributed by atoms with Crippen LogP contribution in [0.1, 0.15) is 70.3 Å². The van der Waals surface area contributed by atoms with Gasteiger partial charge in [-0.15, -0.1) is 16.9 Å². The van der Waals surface area contributed by atoms with Gasteiger partial charge in [0.25, 0.3) is 5.92 Å². The maximum atomic E-state index is 14.3. The van der Waals surface area contributed by atoms with E-state index >= 15 is 0 Å². The smallest absolute Gasteiger partial charge is 0.251 e. The van der Waals surface area contributed by atoms with Gasteiger partial charge in [-0.3, -0.25) is 4.79 Å². The molecule has 17 heteroatoms. The standard InChI is InChI=1S/C33H43F5N4O7S/c1-48-27-25(42-16-22(39-40-42)18-14-20(34)24(36)21(35)15-18)26(45)23(17-43)49-30(27)50-28(29(46)41-12-10-33(37,38)11-13-41)32(47)8-6-31(7-9-32)4-2-19(44)3-5-31/h14-16,19,23,25-28,30,43-45,47H,2-13,17H2,1H3/t19?,23-,25+,26+,27-,28-,30+,31?,32?/m1/s1. The van der Waals surface area contributed by atoms with Crippen LogP contribution in [-0.4, -0.2) is 120 Å². The second-order valence-electron chi connectivity index (χ2n) is 14.3. The van der Waals surface area contributed by atoms with Crippen LogP contribution in [0.5, 0.6) is 0 Å². The Kier molecular flexibility index (Phi) is 10.9. The first kappa shape index (κ1) is 37.4. The predicted molar refractivity (Wildman–Crippen MR) is 169 cm³/mol. The average molecular weight is 735 g/mol. The second kappa shape index (κ2) is 14.5. The third-order valence-corrected chi connectivity index (χ3v) is 12.7. The summed E-state index contributed by atoms with van der Waals surface area (Å²) in [6, 6.07) is 0.350. The van der Waals surface area contributed by atoms with Gasteiger partial charge in [0, 0.05) is 38.6 Å². The molecule has 0 radical (unpaired) electrons. The van der Waals surface area contributed by atoms with Crippen LogP contribution < -0.4 is 0 Å². The topological polar surface area (TPSA) is 150 Å². The highest BCUT2D eigenvalue weighted by Gasteiger charge is 2.55. The number of carbonyl (C=O) groups is 1. The van der Waals surface area contributed by atoms with Gasteiger partial charge in [0.05, 0.1) is 24.5 Å². The normalized spacial score (nSPS) is 35.3. The molecule has 2 aliphatic heterocycles. The summed E-state index contributed by atoms with van der Waals surface area (Å²) < 4.78 is 82.9. The minimum absolute atomic E-state index is 0.0586. The Morgan fingerprint density at radius 2 is 1.66 bits per heavy atom. The number of ether oxygens (including phenoxy) is 2. The molecule has 4 fully saturated rings. The number of benzene rings is 1. The summed E-state index contributed by atoms with van der Waals surface area (Å²) >= 11 is 0.929. The van der Waals surface area contributed by atoms with Crippen LogP contribution in [0.4, 0.5) is 22.0 Å². The molecule has 1 aromatic heterocycles. The van der Waals surface area contributed by atoms with Crippen LogP contribution in [-0.2, 0) is 14.3 Å². The van der Waals surface area contributed by atoms with E-state index in [2.05, 4.69) is 10.3 Å². The zero-order valence-corrected chi connectivity index (χ0v) is 28.4. The molecular weight excluding hydrogens is 691 g/mol. The summed E-state index contributed by atoms with van der Waals surface area (Å²) in [6.45, 7) is -1.07. The van der Waals surface area contributed by atoms with Gasteiger partial charge in [0.1, 0.15) is 40.7 Å². The molecule has 2 saturated heterocycles. The van der Waals surface area contributed by atoms with Crippen LogP contribution in [0.15, 0.2) is 18.3 Å². The zero-order chi connectivity index (χ0) is 36.0. The summed E-state index contributed by atoms with van der Waals surface area (Å²) in [6.07, 6.45) is 0.664. The summed E-state index contributed by atoms with van der Waals surface area (Å²) in [7, 11) is 1.32. The first-order valence-corrected chi connectivity index (χ1v) is 17.9. The minimum atomic E-state index is -2.91. The molecule has 0 unspecified atom stereocenters. The summed E-state index contributed by atoms with van der Waals surface area (Å²) in [5.74, 6) is -7.97. The summed E-state index contributed by atoms with van der Waals surface area (Å²) in [5, 5.41) is 50.7. The van der Waals surface area contributed by atoms with Gasteiger partial charge in [-0.05, 0) is 68.9 Å². The molecule has 2 aromatic rings. The summed E-state index contributed by atoms with van der Waals surface area (Å²) in [5.41, 5.74) is -2.95. The Morgan fingerprint density at radius 3 is 2.24 bits per heavy atom. The van der Waals surface area contributed by atoms with Crippen molar-refractivity contribution in [2.75, 3.05) is 26.8 Å². The number of likely N-dealkylation sites (tertiary alicyclic amines) is 1. The maximum Gasteiger partial charge on any atom is 0.251 e. The van der Waals surface area contributed by atoms with E-state index in [-0.39, 0.29) is 48.7 Å². The van der Waals surface area contributed by atoms with Crippen LogP contribution in [0, 0.1) is 22.9 Å². The van der Waals surface area contributed by atoms with Gasteiger partial charge in [0.15, 0.2) is 17.5 Å². The number of aliphatic hydroxyl groups is 4. The lowest BCUT2D eigenvalue weighted by Gasteiger charge is -2.51. The molecule has 1 spiro atoms. The quantitative estimate of drug-likeness (QED) is 0.234. The molecule has 6 rings (SSSR count). The van der Waals surface area contributed by atoms with Gasteiger partial charge in [0.2, 0.25) is 5.91 Å². The predicted octanol–water partition coefficient (Wildman–Crippen LogP) is 3.58. The average Bonchev–Trinajstić information content (AvgIpc) is 3.58. The minimum Gasteiger partial charge on any atom is -0.394 e. The molecule has 6 atom stereocenters. The van der Waals surface area contributed by atoms with Crippen molar-refractivity contribution < 1.29 is 56.6 Å². The maximum absolute atomic E-state index is 14.3. The number of hydrogen-bond acceptors (Lipinski definition) is 10. The molecule has 50 heavy (non-hydrogen) atoms. The van der Waals surface area contributed by atoms with E-state index in [4.69, 9.17) is 9.47 Å². The van der Waals surface area contributed by atoms with Crippen LogP contribution in [0.25, 0.3) is 11.3 Å². The second-order valence-corrected chi connectivity index (χ2v) is 15.5. The van der Waals surface area contributed by atoms with E-state index in [1.807, 2.05) is 0 Å². The number of rotatable bonds is 8. The van der Waals surface area contributed by atoms with Crippen molar-refractivity contribution >= 4 is 17.7 Å². The molecule has 3 heterocycles. The Bertz CT molecular complexity index is 1490. The van der Waals surface area contributed by atoms with Crippen molar-refractivity contribution in [3.8, 4) is 11.3 Å². The SMILES string of the molecule is CO[C@@H]1[C@@H](n2cc(-c3cc(F)c(F)c(F)c3)nn2)[C@@H](O)[C@@H](CO)O[C@H]1S[C@H](C(=O)N1CCC(F)(F)CC1)C1(O)CCC2(CCC(O)CC2)CC1. The lowest BCUT2D eigenvalue weighted by Crippen LogP contribution is -2.59. The number of aromatic nitrogens is 3. The number of carbonyl (C=O) groups excluding carboxylic acids is 1. The molecule has 4 N–H and O–H groups in total. The lowest BCUT2D eigenvalue weighted by atomic mass is 9.61. The fourth-order valence-electron chi connectivity index (χ4n) is 7.94. The molecular formula is C33H43F5N4O7S. The van der Waals surface area contributed by atoms with Crippen molar-refractivity contribution in [1.82, 2.24) is 19.9 Å². The molecule has 2 saturated carbocycles. The molecule has 2 aliphatic carbocycles. The van der Waals surface area contributed by atoms with Gasteiger partial charge in [-0.1, -0.05) is 5.21 Å². The number of hydrogen-bond donors (Lipinski definition) is 4. The van der Waals surface area contributed by atoms with E-state index in [0.717, 1.165) is 36.7 Å². The monoisotopic (exact) mass is 734 g/mol. The fraction of sp³-hybridized carbons (Fsp3) is 0.727. The number of thioether (sulfide) groups is 1. The Hall–Kier alpha value is -2.41. The third-order valence-electron chi connectivity index (χ3n) is 11.2. The number of aliphatic hydroxyl groups excluding tert-OH is 3. The van der Waals surface area contributed by atoms with Crippen LogP contribution in [0.2, 0.25) is 0 Å². The van der Waals surface area contributed by atoms with Crippen molar-refractivity contribution in [3.05, 3.63) is 35.8 Å². The van der Waals surface area contributed by atoms with Crippen molar-refractivity contribution in [1.29, 1.82) is 0 Å². The number of alkyl halides is 2. The molecule has 278 valence electrons. The molecule has 1 amide bonds. The van der Waals surface area contributed by atoms with Gasteiger partial charge >= 0.3 is 0 Å². The zero-order valence-electron chi connectivity index (χ0n) is 27.6. The Balaban J connectivity index is 1.29. The van der Waals surface area contributed by atoms with E-state index in [0.29, 0.717) is 25.7 Å². The number of nitrogens with zero attached hydrogens (tertiary/aromatic N) is 4. The first-order valence-electron chi connectivity index (χ1n) is 16.9. The highest BCUT2D eigenvalue weighted by Crippen LogP contribution is 2.53. The van der Waals surface area contributed by atoms with E-state index in [9.17, 15) is 47.2 Å². The molecule has 4 aliphatic rings. The first-order chi connectivity index (χ1) is 23.7. The van der Waals surface area contributed by atoms with Gasteiger partial charge < -0.3 is 34.8 Å². The van der Waals surface area contributed by atoms with Crippen molar-refractivity contribution in [2.24, 2.45) is 5.41 Å². The van der Waals surface area contributed by atoms with E-state index in [1.165, 1.54) is 22.9 Å². The van der Waals surface area contributed by atoms with Crippen LogP contribution in [0.3, 0.4) is 0 Å². The molecule has 1 aromatic carbocycles. The van der Waals surface area contributed by atoms with E-state index < -0.39 is 89.4 Å². The third kappa shape index (κ3) is 7.41. The number of halogens is 5.